The standard InChI is InChI=1S/C20H18ClFN4O4/c1-29-20-25-18(13-4-7-15(21)16(10-13)30-11-17(27)28)24-19(26-20)23-9-8-12-2-5-14(22)6-3-12/h2-7,10H,8-9,11H2,1H3,(H,27,28)(H,23,24,25,26). The molecule has 156 valence electrons. The van der Waals surface area contributed by atoms with Crippen LogP contribution in [0.1, 0.15) is 5.56 Å². The van der Waals surface area contributed by atoms with Crippen LogP contribution >= 0.6 is 11.6 Å². The Morgan fingerprint density at radius 2 is 1.93 bits per heavy atom. The van der Waals surface area contributed by atoms with Gasteiger partial charge in [-0.25, -0.2) is 9.18 Å². The van der Waals surface area contributed by atoms with E-state index in [1.54, 1.807) is 30.3 Å². The van der Waals surface area contributed by atoms with Crippen LogP contribution in [0.15, 0.2) is 42.5 Å². The highest BCUT2D eigenvalue weighted by Crippen LogP contribution is 2.30. The molecule has 0 aliphatic heterocycles. The average Bonchev–Trinajstić information content (AvgIpc) is 2.74. The van der Waals surface area contributed by atoms with Crippen molar-refractivity contribution in [2.75, 3.05) is 25.6 Å². The van der Waals surface area contributed by atoms with E-state index in [9.17, 15) is 9.18 Å². The highest BCUT2D eigenvalue weighted by Gasteiger charge is 2.12. The van der Waals surface area contributed by atoms with Crippen molar-refractivity contribution >= 4 is 23.5 Å². The normalized spacial score (nSPS) is 10.5. The Kier molecular flexibility index (Phi) is 6.97. The minimum absolute atomic E-state index is 0.104. The molecule has 0 amide bonds. The fourth-order valence-electron chi connectivity index (χ4n) is 2.52. The van der Waals surface area contributed by atoms with Crippen molar-refractivity contribution in [1.29, 1.82) is 0 Å². The molecule has 3 aromatic rings. The SMILES string of the molecule is COc1nc(NCCc2ccc(F)cc2)nc(-c2ccc(Cl)c(OCC(=O)O)c2)n1. The van der Waals surface area contributed by atoms with Gasteiger partial charge in [0.15, 0.2) is 12.4 Å². The summed E-state index contributed by atoms with van der Waals surface area (Å²) in [6.07, 6.45) is 0.637. The Morgan fingerprint density at radius 3 is 2.63 bits per heavy atom. The molecule has 0 aliphatic carbocycles. The molecule has 1 heterocycles. The molecule has 0 radical (unpaired) electrons. The molecule has 30 heavy (non-hydrogen) atoms. The zero-order chi connectivity index (χ0) is 21.5. The molecule has 0 saturated heterocycles. The van der Waals surface area contributed by atoms with Crippen LogP contribution in [0.4, 0.5) is 10.3 Å². The number of nitrogens with zero attached hydrogens (tertiary/aromatic N) is 3. The molecule has 1 aromatic heterocycles. The molecule has 0 atom stereocenters. The maximum absolute atomic E-state index is 13.0. The predicted octanol–water partition coefficient (Wildman–Crippen LogP) is 3.46. The van der Waals surface area contributed by atoms with E-state index in [0.717, 1.165) is 5.56 Å². The number of carboxylic acids is 1. The third-order valence-corrected chi connectivity index (χ3v) is 4.26. The fraction of sp³-hybridized carbons (Fsp3) is 0.200. The molecular weight excluding hydrogens is 415 g/mol. The molecule has 3 rings (SSSR count). The van der Waals surface area contributed by atoms with Crippen molar-refractivity contribution in [3.05, 3.63) is 58.9 Å². The van der Waals surface area contributed by atoms with Crippen LogP contribution < -0.4 is 14.8 Å². The smallest absolute Gasteiger partial charge is 0.341 e. The highest BCUT2D eigenvalue weighted by molar-refractivity contribution is 6.32. The largest absolute Gasteiger partial charge is 0.480 e. The summed E-state index contributed by atoms with van der Waals surface area (Å²) in [6, 6.07) is 11.1. The second kappa shape index (κ2) is 9.84. The first-order valence-electron chi connectivity index (χ1n) is 8.87. The summed E-state index contributed by atoms with van der Waals surface area (Å²) in [5, 5.41) is 12.1. The van der Waals surface area contributed by atoms with Crippen molar-refractivity contribution in [1.82, 2.24) is 15.0 Å². The van der Waals surface area contributed by atoms with E-state index in [2.05, 4.69) is 20.3 Å². The number of carbonyl (C=O) groups is 1. The highest BCUT2D eigenvalue weighted by atomic mass is 35.5. The predicted molar refractivity (Wildman–Crippen MR) is 109 cm³/mol. The lowest BCUT2D eigenvalue weighted by Gasteiger charge is -2.10. The quantitative estimate of drug-likeness (QED) is 0.529. The molecule has 8 nitrogen and oxygen atoms in total. The second-order valence-corrected chi connectivity index (χ2v) is 6.51. The summed E-state index contributed by atoms with van der Waals surface area (Å²) >= 11 is 6.06. The van der Waals surface area contributed by atoms with E-state index in [-0.39, 0.29) is 22.6 Å². The number of aliphatic carboxylic acids is 1. The number of rotatable bonds is 9. The summed E-state index contributed by atoms with van der Waals surface area (Å²) in [7, 11) is 1.44. The Balaban J connectivity index is 1.77. The van der Waals surface area contributed by atoms with Crippen LogP contribution in [0.25, 0.3) is 11.4 Å². The number of anilines is 1. The minimum atomic E-state index is -1.12. The Labute approximate surface area is 176 Å². The van der Waals surface area contributed by atoms with Gasteiger partial charge in [-0.05, 0) is 42.3 Å². The van der Waals surface area contributed by atoms with E-state index in [1.165, 1.54) is 19.2 Å². The third kappa shape index (κ3) is 5.77. The summed E-state index contributed by atoms with van der Waals surface area (Å²) in [5.41, 5.74) is 1.50. The average molecular weight is 433 g/mol. The van der Waals surface area contributed by atoms with Gasteiger partial charge in [-0.2, -0.15) is 15.0 Å². The zero-order valence-corrected chi connectivity index (χ0v) is 16.7. The molecule has 2 aromatic carbocycles. The number of aromatic nitrogens is 3. The molecule has 10 heteroatoms. The van der Waals surface area contributed by atoms with Gasteiger partial charge >= 0.3 is 12.0 Å². The van der Waals surface area contributed by atoms with Gasteiger partial charge < -0.3 is 19.9 Å². The van der Waals surface area contributed by atoms with Gasteiger partial charge in [0, 0.05) is 12.1 Å². The van der Waals surface area contributed by atoms with Crippen molar-refractivity contribution in [3.8, 4) is 23.1 Å². The number of nitrogens with one attached hydrogen (secondary N) is 1. The van der Waals surface area contributed by atoms with E-state index in [1.807, 2.05) is 0 Å². The monoisotopic (exact) mass is 432 g/mol. The van der Waals surface area contributed by atoms with Gasteiger partial charge in [-0.15, -0.1) is 0 Å². The van der Waals surface area contributed by atoms with Gasteiger partial charge in [0.25, 0.3) is 0 Å². The van der Waals surface area contributed by atoms with Crippen LogP contribution in [0.3, 0.4) is 0 Å². The van der Waals surface area contributed by atoms with E-state index in [4.69, 9.17) is 26.2 Å². The van der Waals surface area contributed by atoms with Gasteiger partial charge in [0.1, 0.15) is 11.6 Å². The first-order valence-corrected chi connectivity index (χ1v) is 9.25. The van der Waals surface area contributed by atoms with Crippen molar-refractivity contribution in [2.24, 2.45) is 0 Å². The number of carboxylic acid groups (broad SMARTS) is 1. The molecule has 2 N–H and O–H groups in total. The van der Waals surface area contributed by atoms with Gasteiger partial charge in [-0.3, -0.25) is 0 Å². The minimum Gasteiger partial charge on any atom is -0.480 e. The van der Waals surface area contributed by atoms with E-state index < -0.39 is 12.6 Å². The summed E-state index contributed by atoms with van der Waals surface area (Å²) in [4.78, 5) is 23.5. The number of benzene rings is 2. The first kappa shape index (κ1) is 21.3. The number of hydrogen-bond acceptors (Lipinski definition) is 7. The fourth-order valence-corrected chi connectivity index (χ4v) is 2.69. The molecule has 0 aliphatic rings. The lowest BCUT2D eigenvalue weighted by molar-refractivity contribution is -0.139. The maximum Gasteiger partial charge on any atom is 0.341 e. The Hall–Kier alpha value is -3.46. The number of hydrogen-bond donors (Lipinski definition) is 2. The second-order valence-electron chi connectivity index (χ2n) is 6.10. The lowest BCUT2D eigenvalue weighted by Crippen LogP contribution is -2.11. The molecule has 0 saturated carbocycles. The molecule has 0 spiro atoms. The third-order valence-electron chi connectivity index (χ3n) is 3.95. The number of methoxy groups -OCH3 is 1. The van der Waals surface area contributed by atoms with Crippen LogP contribution in [-0.2, 0) is 11.2 Å². The van der Waals surface area contributed by atoms with Crippen LogP contribution in [0.2, 0.25) is 5.02 Å². The Morgan fingerprint density at radius 1 is 1.17 bits per heavy atom. The van der Waals surface area contributed by atoms with Gasteiger partial charge in [0.05, 0.1) is 12.1 Å². The van der Waals surface area contributed by atoms with Crippen molar-refractivity contribution in [3.63, 3.8) is 0 Å². The maximum atomic E-state index is 13.0. The summed E-state index contributed by atoms with van der Waals surface area (Å²) in [5.74, 6) is -0.620. The van der Waals surface area contributed by atoms with Crippen LogP contribution in [0, 0.1) is 5.82 Å². The first-order chi connectivity index (χ1) is 14.4. The lowest BCUT2D eigenvalue weighted by atomic mass is 10.1. The summed E-state index contributed by atoms with van der Waals surface area (Å²) < 4.78 is 23.3. The van der Waals surface area contributed by atoms with Crippen molar-refractivity contribution < 1.29 is 23.8 Å². The molecule has 0 fully saturated rings. The zero-order valence-electron chi connectivity index (χ0n) is 15.9. The van der Waals surface area contributed by atoms with E-state index in [0.29, 0.717) is 30.3 Å². The van der Waals surface area contributed by atoms with Crippen LogP contribution in [-0.4, -0.2) is 46.3 Å². The summed E-state index contributed by atoms with van der Waals surface area (Å²) in [6.45, 7) is -0.0221. The number of ether oxygens (including phenoxy) is 2. The van der Waals surface area contributed by atoms with Crippen molar-refractivity contribution in [2.45, 2.75) is 6.42 Å². The molecule has 0 unspecified atom stereocenters. The van der Waals surface area contributed by atoms with Crippen LogP contribution in [0.5, 0.6) is 11.8 Å². The van der Waals surface area contributed by atoms with E-state index >= 15 is 0 Å². The van der Waals surface area contributed by atoms with Gasteiger partial charge in [-0.1, -0.05) is 23.7 Å². The number of halogens is 2. The topological polar surface area (TPSA) is 106 Å². The van der Waals surface area contributed by atoms with Gasteiger partial charge in [0.2, 0.25) is 5.95 Å². The molecule has 0 bridgehead atoms. The Bertz CT molecular complexity index is 1030. The molecular formula is C20H18ClFN4O4.